The highest BCUT2D eigenvalue weighted by Crippen LogP contribution is 2.51. The molecule has 0 unspecified atom stereocenters. The van der Waals surface area contributed by atoms with Crippen molar-refractivity contribution >= 4 is 67.5 Å². The third-order valence-corrected chi connectivity index (χ3v) is 19.6. The number of ether oxygens (including phenoxy) is 2. The van der Waals surface area contributed by atoms with Crippen LogP contribution in [0, 0.1) is 0 Å². The number of amides is 3. The topological polar surface area (TPSA) is 290 Å². The lowest BCUT2D eigenvalue weighted by molar-refractivity contribution is -0.160. The van der Waals surface area contributed by atoms with Gasteiger partial charge in [-0.3, -0.25) is 24.4 Å². The van der Waals surface area contributed by atoms with Crippen LogP contribution in [0.25, 0.3) is 22.6 Å². The SMILES string of the molecule is CC1(C)[C@H](C(=O)OC(c2ccccc2)c2ccccc2)N2C(=O)/C(=C/c3cc(C(=O)N=[N+]=[N-])ccn3)[C@H]2S1(=O)=O.CC1(C)[C@H](C(=O)OC(c2ccccc2)c2ccccc2)N2C(=O)/C(=C/c3cc(C(=O)O)ccn3)[C@H]2S1(=O)=O. The standard InChI is InChI=1S/C28H23N5O6S.C28H24N2O7S/c1-28(2)23(27(36)39-22(17-9-5-3-6-10-17)18-11-7-4-8-12-18)33-25(35)21(26(33)40(28,37)38)16-20-15-19(13-14-30-20)24(34)31-32-29;1-28(2)23(27(34)37-22(17-9-5-3-6-10-17)18-11-7-4-8-12-18)30-24(31)21(25(30)38(28,35)36)16-20-15-19(26(32)33)13-14-29-20/h3-16,22-23,26H,1-2H3;3-16,22-23,25H,1-2H3,(H,32,33)/b2*21-16-/t23-,26+;23-,25+/m00/s1. The van der Waals surface area contributed by atoms with E-state index in [1.54, 1.807) is 72.8 Å². The molecule has 3 amide bonds. The number of carbonyl (C=O) groups excluding carboxylic acids is 5. The van der Waals surface area contributed by atoms with Crippen molar-refractivity contribution in [3.8, 4) is 0 Å². The maximum absolute atomic E-state index is 13.7. The zero-order valence-electron chi connectivity index (χ0n) is 41.9. The van der Waals surface area contributed by atoms with E-state index >= 15 is 0 Å². The summed E-state index contributed by atoms with van der Waals surface area (Å²) >= 11 is 0. The summed E-state index contributed by atoms with van der Waals surface area (Å²) in [6.07, 6.45) is 3.42. The van der Waals surface area contributed by atoms with E-state index in [1.807, 2.05) is 48.5 Å². The van der Waals surface area contributed by atoms with Gasteiger partial charge in [-0.05, 0) is 97.0 Å². The Morgan fingerprint density at radius 2 is 0.923 bits per heavy atom. The van der Waals surface area contributed by atoms with Gasteiger partial charge in [0.2, 0.25) is 5.91 Å². The first-order chi connectivity index (χ1) is 37.1. The summed E-state index contributed by atoms with van der Waals surface area (Å²) < 4.78 is 63.0. The highest BCUT2D eigenvalue weighted by Gasteiger charge is 2.72. The zero-order valence-corrected chi connectivity index (χ0v) is 43.6. The van der Waals surface area contributed by atoms with Crippen LogP contribution in [-0.4, -0.2) is 110 Å². The van der Waals surface area contributed by atoms with E-state index in [-0.39, 0.29) is 33.7 Å². The summed E-state index contributed by atoms with van der Waals surface area (Å²) in [5, 5.41) is 9.50. The number of carbonyl (C=O) groups is 6. The van der Waals surface area contributed by atoms with E-state index in [4.69, 9.17) is 15.0 Å². The molecule has 396 valence electrons. The first kappa shape index (κ1) is 53.7. The Bertz CT molecular complexity index is 3680. The quantitative estimate of drug-likeness (QED) is 0.0316. The lowest BCUT2D eigenvalue weighted by Crippen LogP contribution is -2.59. The molecule has 1 N–H and O–H groups in total. The number of pyridine rings is 2. The van der Waals surface area contributed by atoms with Gasteiger partial charge in [0, 0.05) is 22.9 Å². The van der Waals surface area contributed by atoms with Crippen molar-refractivity contribution < 1.29 is 60.2 Å². The monoisotopic (exact) mass is 1090 g/mol. The fourth-order valence-electron chi connectivity index (χ4n) is 9.91. The van der Waals surface area contributed by atoms with Gasteiger partial charge in [0.1, 0.15) is 9.49 Å². The summed E-state index contributed by atoms with van der Waals surface area (Å²) in [5.41, 5.74) is 11.3. The number of aromatic carboxylic acids is 1. The van der Waals surface area contributed by atoms with Gasteiger partial charge in [-0.1, -0.05) is 121 Å². The number of carboxylic acids is 1. The third-order valence-electron chi connectivity index (χ3n) is 14.1. The Kier molecular flexibility index (Phi) is 14.3. The van der Waals surface area contributed by atoms with Crippen LogP contribution in [0.5, 0.6) is 0 Å². The normalized spacial score (nSPS) is 21.7. The predicted molar refractivity (Wildman–Crippen MR) is 281 cm³/mol. The molecule has 0 spiro atoms. The van der Waals surface area contributed by atoms with E-state index in [1.165, 1.54) is 76.5 Å². The van der Waals surface area contributed by atoms with Crippen molar-refractivity contribution in [3.05, 3.63) is 224 Å². The molecule has 0 saturated carbocycles. The van der Waals surface area contributed by atoms with Gasteiger partial charge in [0.25, 0.3) is 11.8 Å². The Labute approximate surface area is 447 Å². The average molecular weight is 1090 g/mol. The number of esters is 2. The molecule has 4 atom stereocenters. The van der Waals surface area contributed by atoms with Crippen LogP contribution in [0.2, 0.25) is 0 Å². The van der Waals surface area contributed by atoms with Crippen molar-refractivity contribution in [1.29, 1.82) is 0 Å². The zero-order chi connectivity index (χ0) is 55.9. The molecule has 22 heteroatoms. The van der Waals surface area contributed by atoms with E-state index in [0.29, 0.717) is 22.3 Å². The number of sulfone groups is 2. The number of β-lactam (4-membered cyclic amide) rings is 2. The minimum Gasteiger partial charge on any atom is -0.478 e. The van der Waals surface area contributed by atoms with E-state index in [9.17, 15) is 50.7 Å². The van der Waals surface area contributed by atoms with E-state index < -0.39 is 99.8 Å². The second-order valence-corrected chi connectivity index (χ2v) is 24.6. The van der Waals surface area contributed by atoms with Gasteiger partial charge in [0.05, 0.1) is 28.1 Å². The Hall–Kier alpha value is -9.11. The second-order valence-electron chi connectivity index (χ2n) is 19.4. The first-order valence-corrected chi connectivity index (χ1v) is 27.1. The molecule has 4 aliphatic rings. The predicted octanol–water partition coefficient (Wildman–Crippen LogP) is 7.23. The molecule has 4 aliphatic heterocycles. The minimum absolute atomic E-state index is 0.0206. The number of azide groups is 1. The minimum atomic E-state index is -4.09. The van der Waals surface area contributed by atoms with Gasteiger partial charge in [-0.2, -0.15) is 0 Å². The number of aromatic nitrogens is 2. The molecule has 2 aromatic heterocycles. The van der Waals surface area contributed by atoms with Crippen LogP contribution < -0.4 is 0 Å². The highest BCUT2D eigenvalue weighted by atomic mass is 32.2. The number of rotatable bonds is 12. The molecule has 78 heavy (non-hydrogen) atoms. The number of benzene rings is 4. The van der Waals surface area contributed by atoms with Gasteiger partial charge in [0.15, 0.2) is 54.7 Å². The molecule has 6 aromatic rings. The summed E-state index contributed by atoms with van der Waals surface area (Å²) in [6.45, 7) is 5.60. The number of fused-ring (bicyclic) bond motifs is 2. The molecular weight excluding hydrogens is 1040 g/mol. The van der Waals surface area contributed by atoms with Gasteiger partial charge in [-0.15, -0.1) is 0 Å². The first-order valence-electron chi connectivity index (χ1n) is 24.0. The fourth-order valence-corrected chi connectivity index (χ4v) is 14.1. The van der Waals surface area contributed by atoms with Crippen LogP contribution in [0.3, 0.4) is 0 Å². The summed E-state index contributed by atoms with van der Waals surface area (Å²) in [6, 6.07) is 38.5. The fraction of sp³-hybridized carbons (Fsp3) is 0.214. The molecule has 0 radical (unpaired) electrons. The highest BCUT2D eigenvalue weighted by molar-refractivity contribution is 7.94. The third kappa shape index (κ3) is 9.39. The largest absolute Gasteiger partial charge is 0.478 e. The maximum atomic E-state index is 13.7. The van der Waals surface area contributed by atoms with Crippen LogP contribution in [0.4, 0.5) is 0 Å². The second kappa shape index (κ2) is 20.8. The number of nitrogens with zero attached hydrogens (tertiary/aromatic N) is 7. The van der Waals surface area contributed by atoms with Gasteiger partial charge < -0.3 is 24.4 Å². The molecule has 20 nitrogen and oxygen atoms in total. The molecule has 4 fully saturated rings. The van der Waals surface area contributed by atoms with E-state index in [2.05, 4.69) is 20.0 Å². The van der Waals surface area contributed by atoms with Crippen LogP contribution in [-0.2, 0) is 48.3 Å². The summed E-state index contributed by atoms with van der Waals surface area (Å²) in [7, 11) is -8.15. The van der Waals surface area contributed by atoms with Crippen LogP contribution >= 0.6 is 0 Å². The van der Waals surface area contributed by atoms with Crippen molar-refractivity contribution in [2.24, 2.45) is 5.11 Å². The average Bonchev–Trinajstić information content (AvgIpc) is 3.92. The summed E-state index contributed by atoms with van der Waals surface area (Å²) in [4.78, 5) is 89.7. The van der Waals surface area contributed by atoms with Gasteiger partial charge >= 0.3 is 17.9 Å². The van der Waals surface area contributed by atoms with Gasteiger partial charge in [-0.25, -0.2) is 31.2 Å². The Balaban J connectivity index is 0.000000190. The van der Waals surface area contributed by atoms with Crippen molar-refractivity contribution in [3.63, 3.8) is 0 Å². The van der Waals surface area contributed by atoms with Crippen LogP contribution in [0.15, 0.2) is 174 Å². The van der Waals surface area contributed by atoms with Crippen molar-refractivity contribution in [2.75, 3.05) is 0 Å². The van der Waals surface area contributed by atoms with E-state index in [0.717, 1.165) is 9.80 Å². The molecule has 6 heterocycles. The summed E-state index contributed by atoms with van der Waals surface area (Å²) in [5.74, 6) is -5.03. The Morgan fingerprint density at radius 1 is 0.590 bits per heavy atom. The lowest BCUT2D eigenvalue weighted by atomic mass is 9.94. The number of carboxylic acid groups (broad SMARTS) is 1. The maximum Gasteiger partial charge on any atom is 0.335 e. The number of hydrogen-bond acceptors (Lipinski definition) is 14. The smallest absolute Gasteiger partial charge is 0.335 e. The van der Waals surface area contributed by atoms with Crippen molar-refractivity contribution in [1.82, 2.24) is 19.8 Å². The molecule has 0 aliphatic carbocycles. The lowest BCUT2D eigenvalue weighted by Gasteiger charge is -2.38. The molecule has 0 bridgehead atoms. The van der Waals surface area contributed by atoms with Crippen LogP contribution in [0.1, 0.15) is 94.3 Å². The molecule has 10 rings (SSSR count). The Morgan fingerprint density at radius 3 is 1.26 bits per heavy atom. The molecule has 4 saturated heterocycles. The molecular formula is C56H47N7O13S2. The molecule has 4 aromatic carbocycles. The van der Waals surface area contributed by atoms with Crippen molar-refractivity contribution in [2.45, 2.75) is 72.2 Å². The number of hydrogen-bond donors (Lipinski definition) is 1.